The summed E-state index contributed by atoms with van der Waals surface area (Å²) in [5, 5.41) is 8.70. The lowest BCUT2D eigenvalue weighted by Gasteiger charge is -2.49. The van der Waals surface area contributed by atoms with Crippen LogP contribution in [0, 0.1) is 11.2 Å². The van der Waals surface area contributed by atoms with E-state index in [4.69, 9.17) is 5.21 Å². The Kier molecular flexibility index (Phi) is 3.50. The van der Waals surface area contributed by atoms with Crippen LogP contribution in [-0.2, 0) is 13.0 Å². The number of hydrogen-bond acceptors (Lipinski definition) is 3. The van der Waals surface area contributed by atoms with E-state index in [1.807, 2.05) is 0 Å². The molecule has 1 aliphatic carbocycles. The quantitative estimate of drug-likeness (QED) is 0.650. The van der Waals surface area contributed by atoms with Gasteiger partial charge in [-0.25, -0.2) is 9.87 Å². The molecule has 3 rings (SSSR count). The van der Waals surface area contributed by atoms with Gasteiger partial charge in [-0.05, 0) is 47.9 Å². The summed E-state index contributed by atoms with van der Waals surface area (Å²) in [7, 11) is 0. The van der Waals surface area contributed by atoms with Crippen LogP contribution in [0.25, 0.3) is 0 Å². The van der Waals surface area contributed by atoms with Crippen LogP contribution in [0.1, 0.15) is 48.2 Å². The van der Waals surface area contributed by atoms with Crippen LogP contribution in [0.3, 0.4) is 0 Å². The maximum absolute atomic E-state index is 14.1. The van der Waals surface area contributed by atoms with E-state index in [1.165, 1.54) is 18.9 Å². The second-order valence-corrected chi connectivity index (χ2v) is 6.98. The Morgan fingerprint density at radius 3 is 2.76 bits per heavy atom. The van der Waals surface area contributed by atoms with Crippen LogP contribution in [0.15, 0.2) is 12.1 Å². The number of rotatable bonds is 2. The van der Waals surface area contributed by atoms with E-state index in [-0.39, 0.29) is 11.4 Å². The van der Waals surface area contributed by atoms with Crippen molar-refractivity contribution in [3.63, 3.8) is 0 Å². The first-order valence-corrected chi connectivity index (χ1v) is 7.39. The lowest BCUT2D eigenvalue weighted by molar-refractivity contribution is 0.0172. The highest BCUT2D eigenvalue weighted by Crippen LogP contribution is 2.44. The Hall–Kier alpha value is -1.46. The minimum Gasteiger partial charge on any atom is -0.296 e. The highest BCUT2D eigenvalue weighted by atomic mass is 19.1. The second kappa shape index (κ2) is 5.07. The maximum Gasteiger partial charge on any atom is 0.274 e. The number of carbonyl (C=O) groups is 1. The van der Waals surface area contributed by atoms with Crippen LogP contribution >= 0.6 is 0 Å². The molecule has 21 heavy (non-hydrogen) atoms. The van der Waals surface area contributed by atoms with Crippen LogP contribution in [0.2, 0.25) is 0 Å². The summed E-state index contributed by atoms with van der Waals surface area (Å²) in [6, 6.07) is 3.46. The predicted octanol–water partition coefficient (Wildman–Crippen LogP) is 2.49. The molecule has 0 radical (unpaired) electrons. The average Bonchev–Trinajstić information content (AvgIpc) is 2.43. The number of hydrogen-bond donors (Lipinski definition) is 2. The summed E-state index contributed by atoms with van der Waals surface area (Å²) in [5.74, 6) is -1.02. The number of nitrogens with zero attached hydrogens (tertiary/aromatic N) is 1. The molecule has 0 saturated heterocycles. The molecule has 2 aliphatic rings. The van der Waals surface area contributed by atoms with Gasteiger partial charge < -0.3 is 0 Å². The molecule has 0 unspecified atom stereocenters. The average molecular weight is 292 g/mol. The fourth-order valence-corrected chi connectivity index (χ4v) is 3.65. The van der Waals surface area contributed by atoms with Gasteiger partial charge in [-0.1, -0.05) is 13.8 Å². The zero-order chi connectivity index (χ0) is 15.2. The van der Waals surface area contributed by atoms with Crippen molar-refractivity contribution in [2.24, 2.45) is 5.41 Å². The molecule has 4 nitrogen and oxygen atoms in total. The molecular formula is C16H21FN2O2. The van der Waals surface area contributed by atoms with Crippen molar-refractivity contribution in [2.45, 2.75) is 45.7 Å². The van der Waals surface area contributed by atoms with E-state index in [2.05, 4.69) is 18.7 Å². The van der Waals surface area contributed by atoms with E-state index in [0.29, 0.717) is 30.0 Å². The first-order valence-electron chi connectivity index (χ1n) is 7.39. The van der Waals surface area contributed by atoms with E-state index < -0.39 is 5.91 Å². The van der Waals surface area contributed by atoms with Gasteiger partial charge in [0.1, 0.15) is 5.82 Å². The van der Waals surface area contributed by atoms with E-state index in [1.54, 1.807) is 11.5 Å². The van der Waals surface area contributed by atoms with Gasteiger partial charge in [0.2, 0.25) is 0 Å². The Labute approximate surface area is 123 Å². The van der Waals surface area contributed by atoms with Crippen molar-refractivity contribution >= 4 is 5.91 Å². The number of amides is 1. The van der Waals surface area contributed by atoms with Gasteiger partial charge in [0.05, 0.1) is 0 Å². The topological polar surface area (TPSA) is 52.6 Å². The fraction of sp³-hybridized carbons (Fsp3) is 0.562. The summed E-state index contributed by atoms with van der Waals surface area (Å²) in [5.41, 5.74) is 3.72. The Morgan fingerprint density at radius 2 is 2.14 bits per heavy atom. The molecule has 1 heterocycles. The number of fused-ring (bicyclic) bond motifs is 1. The molecule has 1 saturated carbocycles. The standard InChI is InChI=1S/C16H21FN2O2/c1-16(2)7-12(8-16)19-4-3-13-11(9-19)5-10(6-14(13)17)15(20)18-21/h5-6,12,21H,3-4,7-9H2,1-2H3,(H,18,20). The third kappa shape index (κ3) is 2.68. The Bertz CT molecular complexity index is 578. The van der Waals surface area contributed by atoms with Crippen molar-refractivity contribution < 1.29 is 14.4 Å². The number of hydroxylamine groups is 1. The number of carbonyl (C=O) groups excluding carboxylic acids is 1. The van der Waals surface area contributed by atoms with Gasteiger partial charge >= 0.3 is 0 Å². The first kappa shape index (κ1) is 14.5. The first-order chi connectivity index (χ1) is 9.89. The van der Waals surface area contributed by atoms with E-state index in [9.17, 15) is 9.18 Å². The molecule has 0 spiro atoms. The predicted molar refractivity (Wildman–Crippen MR) is 76.6 cm³/mol. The lowest BCUT2D eigenvalue weighted by atomic mass is 9.67. The smallest absolute Gasteiger partial charge is 0.274 e. The Morgan fingerprint density at radius 1 is 1.43 bits per heavy atom. The van der Waals surface area contributed by atoms with Crippen molar-refractivity contribution in [3.05, 3.63) is 34.6 Å². The monoisotopic (exact) mass is 292 g/mol. The zero-order valence-corrected chi connectivity index (χ0v) is 12.4. The molecule has 1 aliphatic heterocycles. The second-order valence-electron chi connectivity index (χ2n) is 6.98. The molecule has 1 amide bonds. The van der Waals surface area contributed by atoms with Crippen LogP contribution < -0.4 is 5.48 Å². The van der Waals surface area contributed by atoms with Crippen molar-refractivity contribution in [1.29, 1.82) is 0 Å². The van der Waals surface area contributed by atoms with Gasteiger partial charge in [0, 0.05) is 24.7 Å². The van der Waals surface area contributed by atoms with Gasteiger partial charge in [0.25, 0.3) is 5.91 Å². The summed E-state index contributed by atoms with van der Waals surface area (Å²) in [4.78, 5) is 13.9. The summed E-state index contributed by atoms with van der Waals surface area (Å²) in [6.07, 6.45) is 3.02. The molecule has 114 valence electrons. The molecular weight excluding hydrogens is 271 g/mol. The molecule has 5 heteroatoms. The number of halogens is 1. The largest absolute Gasteiger partial charge is 0.296 e. The SMILES string of the molecule is CC1(C)CC(N2CCc3c(F)cc(C(=O)NO)cc3C2)C1. The third-order valence-corrected chi connectivity index (χ3v) is 4.77. The molecule has 1 aromatic rings. The van der Waals surface area contributed by atoms with Crippen molar-refractivity contribution in [1.82, 2.24) is 10.4 Å². The fourth-order valence-electron chi connectivity index (χ4n) is 3.65. The molecule has 0 aromatic heterocycles. The highest BCUT2D eigenvalue weighted by molar-refractivity contribution is 5.93. The molecule has 1 fully saturated rings. The zero-order valence-electron chi connectivity index (χ0n) is 12.4. The molecule has 1 aromatic carbocycles. The van der Waals surface area contributed by atoms with Crippen LogP contribution in [0.4, 0.5) is 4.39 Å². The van der Waals surface area contributed by atoms with Gasteiger partial charge in [-0.2, -0.15) is 0 Å². The van der Waals surface area contributed by atoms with Crippen LogP contribution in [-0.4, -0.2) is 28.6 Å². The van der Waals surface area contributed by atoms with E-state index >= 15 is 0 Å². The van der Waals surface area contributed by atoms with Gasteiger partial charge in [-0.3, -0.25) is 14.9 Å². The Balaban J connectivity index is 1.81. The van der Waals surface area contributed by atoms with Crippen molar-refractivity contribution in [2.75, 3.05) is 6.54 Å². The molecule has 0 bridgehead atoms. The van der Waals surface area contributed by atoms with Gasteiger partial charge in [0.15, 0.2) is 0 Å². The molecule has 0 atom stereocenters. The van der Waals surface area contributed by atoms with Gasteiger partial charge in [-0.15, -0.1) is 0 Å². The highest BCUT2D eigenvalue weighted by Gasteiger charge is 2.40. The number of benzene rings is 1. The lowest BCUT2D eigenvalue weighted by Crippen LogP contribution is -2.50. The van der Waals surface area contributed by atoms with Crippen molar-refractivity contribution in [3.8, 4) is 0 Å². The summed E-state index contributed by atoms with van der Waals surface area (Å²) in [6.45, 7) is 6.09. The summed E-state index contributed by atoms with van der Waals surface area (Å²) < 4.78 is 14.1. The third-order valence-electron chi connectivity index (χ3n) is 4.77. The minimum atomic E-state index is -0.668. The number of nitrogens with one attached hydrogen (secondary N) is 1. The minimum absolute atomic E-state index is 0.171. The van der Waals surface area contributed by atoms with E-state index in [0.717, 1.165) is 12.1 Å². The van der Waals surface area contributed by atoms with Crippen LogP contribution in [0.5, 0.6) is 0 Å². The maximum atomic E-state index is 14.1. The molecule has 2 N–H and O–H groups in total. The summed E-state index contributed by atoms with van der Waals surface area (Å²) >= 11 is 0. The normalized spacial score (nSPS) is 21.5.